The molecule has 0 atom stereocenters. The van der Waals surface area contributed by atoms with Crippen molar-refractivity contribution >= 4 is 5.91 Å². The Bertz CT molecular complexity index is 688. The van der Waals surface area contributed by atoms with Crippen molar-refractivity contribution in [3.8, 4) is 17.4 Å². The Balaban J connectivity index is 1.84. The molecule has 128 valence electrons. The lowest BCUT2D eigenvalue weighted by molar-refractivity contribution is -0.121. The van der Waals surface area contributed by atoms with Gasteiger partial charge in [0.15, 0.2) is 11.5 Å². The quantitative estimate of drug-likeness (QED) is 0.804. The molecule has 1 aromatic heterocycles. The fourth-order valence-corrected chi connectivity index (χ4v) is 2.26. The highest BCUT2D eigenvalue weighted by molar-refractivity contribution is 5.76. The maximum absolute atomic E-state index is 12.0. The number of carbonyl (C=O) groups is 1. The van der Waals surface area contributed by atoms with Crippen molar-refractivity contribution in [2.24, 2.45) is 0 Å². The van der Waals surface area contributed by atoms with Gasteiger partial charge in [0.1, 0.15) is 0 Å². The van der Waals surface area contributed by atoms with E-state index in [0.29, 0.717) is 36.8 Å². The molecule has 1 amide bonds. The first kappa shape index (κ1) is 17.6. The second kappa shape index (κ2) is 8.76. The van der Waals surface area contributed by atoms with Gasteiger partial charge in [-0.3, -0.25) is 4.79 Å². The molecule has 0 radical (unpaired) electrons. The molecule has 1 aromatic carbocycles. The summed E-state index contributed by atoms with van der Waals surface area (Å²) in [6, 6.07) is 9.31. The lowest BCUT2D eigenvalue weighted by atomic mass is 10.1. The van der Waals surface area contributed by atoms with Gasteiger partial charge in [-0.05, 0) is 35.7 Å². The number of aromatic nitrogens is 1. The minimum Gasteiger partial charge on any atom is -0.493 e. The van der Waals surface area contributed by atoms with Crippen LogP contribution in [0.25, 0.3) is 0 Å². The van der Waals surface area contributed by atoms with E-state index in [9.17, 15) is 4.79 Å². The summed E-state index contributed by atoms with van der Waals surface area (Å²) in [7, 11) is 4.75. The zero-order valence-corrected chi connectivity index (χ0v) is 14.2. The van der Waals surface area contributed by atoms with Gasteiger partial charge in [-0.25, -0.2) is 4.98 Å². The van der Waals surface area contributed by atoms with Crippen molar-refractivity contribution in [2.45, 2.75) is 19.4 Å². The Morgan fingerprint density at radius 2 is 1.79 bits per heavy atom. The molecule has 0 saturated carbocycles. The number of pyridine rings is 1. The van der Waals surface area contributed by atoms with Gasteiger partial charge in [0.05, 0.1) is 21.3 Å². The van der Waals surface area contributed by atoms with Crippen molar-refractivity contribution < 1.29 is 19.0 Å². The third kappa shape index (κ3) is 4.87. The molecule has 0 unspecified atom stereocenters. The van der Waals surface area contributed by atoms with E-state index >= 15 is 0 Å². The molecule has 0 spiro atoms. The third-order valence-electron chi connectivity index (χ3n) is 3.59. The molecule has 2 rings (SSSR count). The number of nitrogens with one attached hydrogen (secondary N) is 1. The monoisotopic (exact) mass is 330 g/mol. The predicted octanol–water partition coefficient (Wildman–Crippen LogP) is 2.36. The molecular formula is C18H22N2O4. The maximum Gasteiger partial charge on any atom is 0.220 e. The Kier molecular flexibility index (Phi) is 6.42. The second-order valence-corrected chi connectivity index (χ2v) is 5.17. The van der Waals surface area contributed by atoms with E-state index in [-0.39, 0.29) is 5.91 Å². The number of nitrogens with zero attached hydrogens (tertiary/aromatic N) is 1. The fourth-order valence-electron chi connectivity index (χ4n) is 2.26. The molecule has 0 bridgehead atoms. The highest BCUT2D eigenvalue weighted by atomic mass is 16.5. The van der Waals surface area contributed by atoms with Gasteiger partial charge in [0.2, 0.25) is 11.8 Å². The zero-order chi connectivity index (χ0) is 17.4. The number of rotatable bonds is 8. The summed E-state index contributed by atoms with van der Waals surface area (Å²) in [5.41, 5.74) is 1.97. The van der Waals surface area contributed by atoms with Crippen LogP contribution in [-0.4, -0.2) is 32.2 Å². The number of hydrogen-bond acceptors (Lipinski definition) is 5. The summed E-state index contributed by atoms with van der Waals surface area (Å²) in [6.45, 7) is 0.448. The van der Waals surface area contributed by atoms with Gasteiger partial charge in [-0.1, -0.05) is 6.07 Å². The average Bonchev–Trinajstić information content (AvgIpc) is 2.64. The molecule has 1 N–H and O–H groups in total. The van der Waals surface area contributed by atoms with Gasteiger partial charge in [0.25, 0.3) is 0 Å². The van der Waals surface area contributed by atoms with Crippen LogP contribution in [0.1, 0.15) is 17.5 Å². The Morgan fingerprint density at radius 3 is 2.50 bits per heavy atom. The highest BCUT2D eigenvalue weighted by Gasteiger charge is 2.07. The minimum atomic E-state index is -0.0134. The van der Waals surface area contributed by atoms with Crippen molar-refractivity contribution in [2.75, 3.05) is 21.3 Å². The first-order valence-electron chi connectivity index (χ1n) is 7.62. The van der Waals surface area contributed by atoms with Crippen molar-refractivity contribution in [3.05, 3.63) is 47.7 Å². The van der Waals surface area contributed by atoms with Crippen molar-refractivity contribution in [3.63, 3.8) is 0 Å². The van der Waals surface area contributed by atoms with E-state index in [1.807, 2.05) is 24.3 Å². The molecule has 6 nitrogen and oxygen atoms in total. The van der Waals surface area contributed by atoms with Crippen LogP contribution in [0.2, 0.25) is 0 Å². The largest absolute Gasteiger partial charge is 0.493 e. The summed E-state index contributed by atoms with van der Waals surface area (Å²) in [5, 5.41) is 2.89. The van der Waals surface area contributed by atoms with Crippen LogP contribution in [0, 0.1) is 0 Å². The number of methoxy groups -OCH3 is 3. The molecule has 0 saturated heterocycles. The molecular weight excluding hydrogens is 308 g/mol. The third-order valence-corrected chi connectivity index (χ3v) is 3.59. The molecule has 2 aromatic rings. The molecule has 0 aliphatic heterocycles. The normalized spacial score (nSPS) is 10.1. The number of amides is 1. The van der Waals surface area contributed by atoms with Gasteiger partial charge in [0, 0.05) is 25.2 Å². The minimum absolute atomic E-state index is 0.0134. The first-order valence-corrected chi connectivity index (χ1v) is 7.62. The molecule has 1 heterocycles. The van der Waals surface area contributed by atoms with E-state index in [1.165, 1.54) is 0 Å². The van der Waals surface area contributed by atoms with Crippen molar-refractivity contribution in [1.82, 2.24) is 10.3 Å². The highest BCUT2D eigenvalue weighted by Crippen LogP contribution is 2.27. The Hall–Kier alpha value is -2.76. The SMILES string of the molecule is COc1cc(CNC(=O)CCc2ccc(OC)c(OC)c2)ccn1. The van der Waals surface area contributed by atoms with Crippen LogP contribution in [-0.2, 0) is 17.8 Å². The Morgan fingerprint density at radius 1 is 1.00 bits per heavy atom. The molecule has 6 heteroatoms. The van der Waals surface area contributed by atoms with Gasteiger partial charge < -0.3 is 19.5 Å². The van der Waals surface area contributed by atoms with Crippen LogP contribution in [0.4, 0.5) is 0 Å². The second-order valence-electron chi connectivity index (χ2n) is 5.17. The van der Waals surface area contributed by atoms with Gasteiger partial charge in [-0.15, -0.1) is 0 Å². The van der Waals surface area contributed by atoms with Crippen LogP contribution < -0.4 is 19.5 Å². The van der Waals surface area contributed by atoms with E-state index in [1.54, 1.807) is 33.6 Å². The van der Waals surface area contributed by atoms with Crippen LogP contribution >= 0.6 is 0 Å². The number of carbonyl (C=O) groups excluding carboxylic acids is 1. The van der Waals surface area contributed by atoms with Crippen LogP contribution in [0.5, 0.6) is 17.4 Å². The first-order chi connectivity index (χ1) is 11.7. The Labute approximate surface area is 141 Å². The molecule has 0 fully saturated rings. The summed E-state index contributed by atoms with van der Waals surface area (Å²) in [4.78, 5) is 16.0. The predicted molar refractivity (Wildman–Crippen MR) is 90.5 cm³/mol. The van der Waals surface area contributed by atoms with E-state index < -0.39 is 0 Å². The number of ether oxygens (including phenoxy) is 3. The number of benzene rings is 1. The van der Waals surface area contributed by atoms with Crippen LogP contribution in [0.3, 0.4) is 0 Å². The van der Waals surface area contributed by atoms with Gasteiger partial charge >= 0.3 is 0 Å². The lowest BCUT2D eigenvalue weighted by Crippen LogP contribution is -2.23. The maximum atomic E-state index is 12.0. The lowest BCUT2D eigenvalue weighted by Gasteiger charge is -2.10. The summed E-state index contributed by atoms with van der Waals surface area (Å²) in [6.07, 6.45) is 2.69. The van der Waals surface area contributed by atoms with E-state index in [4.69, 9.17) is 14.2 Å². The average molecular weight is 330 g/mol. The van der Waals surface area contributed by atoms with E-state index in [0.717, 1.165) is 11.1 Å². The van der Waals surface area contributed by atoms with Crippen LogP contribution in [0.15, 0.2) is 36.5 Å². The zero-order valence-electron chi connectivity index (χ0n) is 14.2. The standard InChI is InChI=1S/C18H22N2O4/c1-22-15-6-4-13(10-16(15)23-2)5-7-17(21)20-12-14-8-9-19-18(11-14)24-3/h4,6,8-11H,5,7,12H2,1-3H3,(H,20,21). The molecule has 0 aliphatic rings. The number of hydrogen-bond donors (Lipinski definition) is 1. The summed E-state index contributed by atoms with van der Waals surface area (Å²) < 4.78 is 15.5. The number of aryl methyl sites for hydroxylation is 1. The fraction of sp³-hybridized carbons (Fsp3) is 0.333. The summed E-state index contributed by atoms with van der Waals surface area (Å²) in [5.74, 6) is 1.87. The smallest absolute Gasteiger partial charge is 0.220 e. The van der Waals surface area contributed by atoms with E-state index in [2.05, 4.69) is 10.3 Å². The molecule has 0 aliphatic carbocycles. The van der Waals surface area contributed by atoms with Crippen molar-refractivity contribution in [1.29, 1.82) is 0 Å². The topological polar surface area (TPSA) is 69.7 Å². The molecule has 24 heavy (non-hydrogen) atoms. The summed E-state index contributed by atoms with van der Waals surface area (Å²) >= 11 is 0. The van der Waals surface area contributed by atoms with Gasteiger partial charge in [-0.2, -0.15) is 0 Å².